The Bertz CT molecular complexity index is 649. The predicted molar refractivity (Wildman–Crippen MR) is 80.5 cm³/mol. The molecule has 1 saturated heterocycles. The molecule has 3 atom stereocenters. The van der Waals surface area contributed by atoms with Crippen molar-refractivity contribution in [2.45, 2.75) is 48.0 Å². The highest BCUT2D eigenvalue weighted by atomic mass is 32.2. The normalized spacial score (nSPS) is 33.4. The van der Waals surface area contributed by atoms with Crippen molar-refractivity contribution >= 4 is 16.4 Å². The topological polar surface area (TPSA) is 40.9 Å². The predicted octanol–water partition coefficient (Wildman–Crippen LogP) is 3.31. The number of fused-ring (bicyclic) bond motifs is 2. The van der Waals surface area contributed by atoms with E-state index < -0.39 is 10.8 Å². The molecule has 1 aliphatic carbocycles. The summed E-state index contributed by atoms with van der Waals surface area (Å²) in [5.41, 5.74) is 3.56. The number of nitrogens with zero attached hydrogens (tertiary/aromatic N) is 1. The Kier molecular flexibility index (Phi) is 2.65. The number of nitriles is 1. The minimum absolute atomic E-state index is 0.194. The van der Waals surface area contributed by atoms with Gasteiger partial charge in [0.2, 0.25) is 0 Å². The van der Waals surface area contributed by atoms with Crippen LogP contribution in [0.15, 0.2) is 30.3 Å². The maximum absolute atomic E-state index is 12.0. The summed E-state index contributed by atoms with van der Waals surface area (Å²) in [7, 11) is -0.642. The first kappa shape index (κ1) is 12.3. The van der Waals surface area contributed by atoms with Gasteiger partial charge in [-0.1, -0.05) is 30.3 Å². The molecular weight excluding hydrogens is 266 g/mol. The molecule has 102 valence electrons. The molecule has 0 radical (unpaired) electrons. The molecule has 4 rings (SSSR count). The summed E-state index contributed by atoms with van der Waals surface area (Å²) in [5.74, 6) is 0. The van der Waals surface area contributed by atoms with Crippen LogP contribution in [-0.2, 0) is 16.2 Å². The summed E-state index contributed by atoms with van der Waals surface area (Å²) in [5, 5.41) is 9.88. The van der Waals surface area contributed by atoms with Crippen LogP contribution >= 0.6 is 0 Å². The first-order chi connectivity index (χ1) is 9.72. The second-order valence-electron chi connectivity index (χ2n) is 6.23. The number of hydrogen-bond donors (Lipinski definition) is 0. The van der Waals surface area contributed by atoms with Crippen molar-refractivity contribution in [3.63, 3.8) is 0 Å². The fraction of sp³-hybridized carbons (Fsp3) is 0.471. The smallest absolute Gasteiger partial charge is 0.0823 e. The molecule has 2 fully saturated rings. The molecule has 2 heterocycles. The van der Waals surface area contributed by atoms with Crippen molar-refractivity contribution in [3.05, 3.63) is 41.5 Å². The van der Waals surface area contributed by atoms with Gasteiger partial charge in [-0.2, -0.15) is 5.26 Å². The lowest BCUT2D eigenvalue weighted by Crippen LogP contribution is -2.19. The third kappa shape index (κ3) is 1.78. The Balaban J connectivity index is 1.63. The third-order valence-electron chi connectivity index (χ3n) is 5.01. The largest absolute Gasteiger partial charge is 0.259 e. The van der Waals surface area contributed by atoms with Crippen LogP contribution in [0.25, 0.3) is 5.57 Å². The Morgan fingerprint density at radius 1 is 1.20 bits per heavy atom. The van der Waals surface area contributed by atoms with E-state index in [-0.39, 0.29) is 10.7 Å². The average molecular weight is 283 g/mol. The van der Waals surface area contributed by atoms with E-state index in [4.69, 9.17) is 0 Å². The van der Waals surface area contributed by atoms with Crippen molar-refractivity contribution in [2.75, 3.05) is 0 Å². The van der Waals surface area contributed by atoms with Gasteiger partial charge in [-0.05, 0) is 48.8 Å². The van der Waals surface area contributed by atoms with Crippen molar-refractivity contribution in [3.8, 4) is 6.07 Å². The lowest BCUT2D eigenvalue weighted by atomic mass is 9.93. The van der Waals surface area contributed by atoms with Gasteiger partial charge in [-0.15, -0.1) is 0 Å². The van der Waals surface area contributed by atoms with Gasteiger partial charge >= 0.3 is 0 Å². The van der Waals surface area contributed by atoms with E-state index in [0.717, 1.165) is 37.7 Å². The molecule has 2 nitrogen and oxygen atoms in total. The monoisotopic (exact) mass is 283 g/mol. The van der Waals surface area contributed by atoms with E-state index >= 15 is 0 Å². The first-order valence-electron chi connectivity index (χ1n) is 7.34. The van der Waals surface area contributed by atoms with E-state index in [1.165, 1.54) is 11.1 Å². The molecule has 1 aromatic carbocycles. The van der Waals surface area contributed by atoms with E-state index in [1.54, 1.807) is 0 Å². The maximum Gasteiger partial charge on any atom is 0.0823 e. The summed E-state index contributed by atoms with van der Waals surface area (Å²) in [6.07, 6.45) is 7.35. The molecule has 1 saturated carbocycles. The van der Waals surface area contributed by atoms with Crippen LogP contribution in [0.1, 0.15) is 43.2 Å². The number of allylic oxidation sites excluding steroid dienone is 1. The molecule has 0 aromatic heterocycles. The van der Waals surface area contributed by atoms with E-state index in [2.05, 4.69) is 36.4 Å². The van der Waals surface area contributed by atoms with Gasteiger partial charge in [0.1, 0.15) is 0 Å². The quantitative estimate of drug-likeness (QED) is 0.835. The molecule has 1 aromatic rings. The van der Waals surface area contributed by atoms with E-state index in [0.29, 0.717) is 5.25 Å². The van der Waals surface area contributed by atoms with Gasteiger partial charge in [0.15, 0.2) is 0 Å². The molecular formula is C17H17NOS. The number of hydrogen-bond acceptors (Lipinski definition) is 2. The highest BCUT2D eigenvalue weighted by Crippen LogP contribution is 2.48. The van der Waals surface area contributed by atoms with Crippen LogP contribution in [0.4, 0.5) is 0 Å². The SMILES string of the molecule is N#CC1(c2ccc(C3=CC4CCC(C3)S4=O)cc2)CC1. The Morgan fingerprint density at radius 2 is 1.95 bits per heavy atom. The standard InChI is InChI=1S/C17H17NOS/c18-11-17(7-8-17)14-3-1-12(2-4-14)13-9-15-5-6-16(10-13)20(15)19/h1-4,9,15-16H,5-8,10H2. The highest BCUT2D eigenvalue weighted by Gasteiger charge is 2.44. The van der Waals surface area contributed by atoms with Crippen LogP contribution in [-0.4, -0.2) is 14.7 Å². The zero-order chi connectivity index (χ0) is 13.7. The summed E-state index contributed by atoms with van der Waals surface area (Å²) in [6.45, 7) is 0. The van der Waals surface area contributed by atoms with Crippen LogP contribution < -0.4 is 0 Å². The Hall–Kier alpha value is -1.40. The molecule has 0 spiro atoms. The molecule has 2 aliphatic heterocycles. The summed E-state index contributed by atoms with van der Waals surface area (Å²) in [6, 6.07) is 11.0. The van der Waals surface area contributed by atoms with Crippen molar-refractivity contribution in [2.24, 2.45) is 0 Å². The number of rotatable bonds is 2. The molecule has 0 N–H and O–H groups in total. The minimum Gasteiger partial charge on any atom is -0.259 e. The first-order valence-corrected chi connectivity index (χ1v) is 8.62. The molecule has 3 heteroatoms. The van der Waals surface area contributed by atoms with Crippen molar-refractivity contribution < 1.29 is 4.21 Å². The second-order valence-corrected chi connectivity index (χ2v) is 8.16. The van der Waals surface area contributed by atoms with Gasteiger partial charge in [0, 0.05) is 16.0 Å². The lowest BCUT2D eigenvalue weighted by molar-refractivity contribution is 0.674. The summed E-state index contributed by atoms with van der Waals surface area (Å²) >= 11 is 0. The second kappa shape index (κ2) is 4.30. The van der Waals surface area contributed by atoms with Crippen LogP contribution in [0.3, 0.4) is 0 Å². The van der Waals surface area contributed by atoms with Crippen molar-refractivity contribution in [1.29, 1.82) is 5.26 Å². The van der Waals surface area contributed by atoms with Gasteiger partial charge in [0.25, 0.3) is 0 Å². The van der Waals surface area contributed by atoms with Crippen LogP contribution in [0, 0.1) is 11.3 Å². The third-order valence-corrected chi connectivity index (χ3v) is 7.04. The van der Waals surface area contributed by atoms with Crippen molar-refractivity contribution in [1.82, 2.24) is 0 Å². The lowest BCUT2D eigenvalue weighted by Gasteiger charge is -2.20. The zero-order valence-corrected chi connectivity index (χ0v) is 12.2. The maximum atomic E-state index is 12.0. The fourth-order valence-corrected chi connectivity index (χ4v) is 5.38. The molecule has 2 bridgehead atoms. The van der Waals surface area contributed by atoms with Gasteiger partial charge in [-0.3, -0.25) is 4.21 Å². The minimum atomic E-state index is -0.642. The van der Waals surface area contributed by atoms with Gasteiger partial charge < -0.3 is 0 Å². The Morgan fingerprint density at radius 3 is 2.55 bits per heavy atom. The average Bonchev–Trinajstić information content (AvgIpc) is 3.26. The van der Waals surface area contributed by atoms with E-state index in [9.17, 15) is 9.47 Å². The highest BCUT2D eigenvalue weighted by molar-refractivity contribution is 7.86. The van der Waals surface area contributed by atoms with Crippen LogP contribution in [0.5, 0.6) is 0 Å². The fourth-order valence-electron chi connectivity index (χ4n) is 3.51. The van der Waals surface area contributed by atoms with Gasteiger partial charge in [0.05, 0.1) is 16.7 Å². The van der Waals surface area contributed by atoms with Crippen LogP contribution in [0.2, 0.25) is 0 Å². The molecule has 3 aliphatic rings. The molecule has 3 unspecified atom stereocenters. The molecule has 0 amide bonds. The summed E-state index contributed by atoms with van der Waals surface area (Å²) in [4.78, 5) is 0. The molecule has 20 heavy (non-hydrogen) atoms. The number of benzene rings is 1. The van der Waals surface area contributed by atoms with E-state index in [1.807, 2.05) is 0 Å². The summed E-state index contributed by atoms with van der Waals surface area (Å²) < 4.78 is 12.0. The van der Waals surface area contributed by atoms with Gasteiger partial charge in [-0.25, -0.2) is 0 Å². The Labute approximate surface area is 122 Å². The zero-order valence-electron chi connectivity index (χ0n) is 11.3.